The second-order valence-corrected chi connectivity index (χ2v) is 3.84. The number of carbonyl (C=O) groups excluding carboxylic acids is 1. The van der Waals surface area contributed by atoms with Crippen LogP contribution in [0, 0.1) is 6.92 Å². The second-order valence-electron chi connectivity index (χ2n) is 3.48. The van der Waals surface area contributed by atoms with Gasteiger partial charge in [0, 0.05) is 13.0 Å². The monoisotopic (exact) mass is 241 g/mol. The summed E-state index contributed by atoms with van der Waals surface area (Å²) in [4.78, 5) is 15.4. The molecule has 0 saturated heterocycles. The highest BCUT2D eigenvalue weighted by Gasteiger charge is 2.03. The maximum Gasteiger partial charge on any atom is 0.225 e. The molecule has 0 unspecified atom stereocenters. The molecule has 1 aromatic heterocycles. The fourth-order valence-electron chi connectivity index (χ4n) is 1.23. The molecule has 1 aromatic rings. The Kier molecular flexibility index (Phi) is 5.22. The van der Waals surface area contributed by atoms with E-state index in [4.69, 9.17) is 11.6 Å². The molecule has 0 aliphatic heterocycles. The third-order valence-corrected chi connectivity index (χ3v) is 2.47. The Bertz CT molecular complexity index is 368. The van der Waals surface area contributed by atoms with Gasteiger partial charge in [0.15, 0.2) is 0 Å². The van der Waals surface area contributed by atoms with Crippen LogP contribution in [0.2, 0.25) is 5.15 Å². The molecule has 0 aliphatic rings. The molecule has 0 aromatic carbocycles. The van der Waals surface area contributed by atoms with Crippen molar-refractivity contribution in [3.63, 3.8) is 0 Å². The largest absolute Gasteiger partial charge is 0.325 e. The minimum Gasteiger partial charge on any atom is -0.325 e. The third kappa shape index (κ3) is 4.16. The van der Waals surface area contributed by atoms with E-state index in [2.05, 4.69) is 15.6 Å². The van der Waals surface area contributed by atoms with Gasteiger partial charge in [0.2, 0.25) is 5.91 Å². The van der Waals surface area contributed by atoms with Gasteiger partial charge in [0.05, 0.1) is 11.9 Å². The van der Waals surface area contributed by atoms with Crippen LogP contribution in [0.3, 0.4) is 0 Å². The van der Waals surface area contributed by atoms with E-state index in [1.54, 1.807) is 12.3 Å². The highest BCUT2D eigenvalue weighted by Crippen LogP contribution is 2.15. The van der Waals surface area contributed by atoms with Crippen LogP contribution in [0.4, 0.5) is 5.69 Å². The Morgan fingerprint density at radius 1 is 1.56 bits per heavy atom. The van der Waals surface area contributed by atoms with E-state index in [-0.39, 0.29) is 5.91 Å². The number of halogens is 1. The van der Waals surface area contributed by atoms with Crippen molar-refractivity contribution >= 4 is 23.2 Å². The first-order valence-electron chi connectivity index (χ1n) is 5.26. The first kappa shape index (κ1) is 12.9. The van der Waals surface area contributed by atoms with Gasteiger partial charge in [-0.25, -0.2) is 4.98 Å². The molecule has 1 amide bonds. The molecule has 2 N–H and O–H groups in total. The Morgan fingerprint density at radius 3 is 2.94 bits per heavy atom. The molecule has 0 radical (unpaired) electrons. The van der Waals surface area contributed by atoms with Crippen molar-refractivity contribution in [3.05, 3.63) is 23.0 Å². The van der Waals surface area contributed by atoms with E-state index in [0.717, 1.165) is 12.1 Å². The summed E-state index contributed by atoms with van der Waals surface area (Å²) in [6.07, 6.45) is 2.01. The van der Waals surface area contributed by atoms with Crippen LogP contribution >= 0.6 is 11.6 Å². The topological polar surface area (TPSA) is 54.0 Å². The van der Waals surface area contributed by atoms with Gasteiger partial charge in [-0.05, 0) is 25.1 Å². The molecule has 0 bridgehead atoms. The Balaban J connectivity index is 2.46. The van der Waals surface area contributed by atoms with E-state index in [0.29, 0.717) is 23.8 Å². The van der Waals surface area contributed by atoms with Crippen LogP contribution in [0.15, 0.2) is 12.3 Å². The minimum atomic E-state index is -0.0236. The predicted molar refractivity (Wildman–Crippen MR) is 65.8 cm³/mol. The summed E-state index contributed by atoms with van der Waals surface area (Å²) in [5, 5.41) is 6.32. The zero-order chi connectivity index (χ0) is 12.0. The van der Waals surface area contributed by atoms with E-state index >= 15 is 0 Å². The van der Waals surface area contributed by atoms with Crippen LogP contribution in [-0.4, -0.2) is 24.0 Å². The number of hydrogen-bond donors (Lipinski definition) is 2. The predicted octanol–water partition coefficient (Wildman–Crippen LogP) is 1.98. The van der Waals surface area contributed by atoms with Crippen LogP contribution in [0.25, 0.3) is 0 Å². The number of anilines is 1. The van der Waals surface area contributed by atoms with Crippen LogP contribution in [0.1, 0.15) is 18.9 Å². The van der Waals surface area contributed by atoms with Crippen LogP contribution in [0.5, 0.6) is 0 Å². The molecule has 88 valence electrons. The molecular formula is C11H16ClN3O. The first-order chi connectivity index (χ1) is 7.63. The van der Waals surface area contributed by atoms with Gasteiger partial charge in [-0.3, -0.25) is 4.79 Å². The highest BCUT2D eigenvalue weighted by molar-refractivity contribution is 6.30. The van der Waals surface area contributed by atoms with Crippen molar-refractivity contribution in [1.82, 2.24) is 10.3 Å². The lowest BCUT2D eigenvalue weighted by Gasteiger charge is -2.06. The van der Waals surface area contributed by atoms with Gasteiger partial charge in [-0.2, -0.15) is 0 Å². The van der Waals surface area contributed by atoms with E-state index < -0.39 is 0 Å². The smallest absolute Gasteiger partial charge is 0.225 e. The third-order valence-electron chi connectivity index (χ3n) is 2.08. The van der Waals surface area contributed by atoms with Crippen LogP contribution in [-0.2, 0) is 4.79 Å². The molecule has 0 atom stereocenters. The Labute approximate surface area is 100 Å². The number of carbonyl (C=O) groups is 1. The maximum absolute atomic E-state index is 11.5. The second kappa shape index (κ2) is 6.45. The van der Waals surface area contributed by atoms with E-state index in [9.17, 15) is 4.79 Å². The lowest BCUT2D eigenvalue weighted by molar-refractivity contribution is -0.116. The molecule has 0 saturated carbocycles. The van der Waals surface area contributed by atoms with Gasteiger partial charge < -0.3 is 10.6 Å². The lowest BCUT2D eigenvalue weighted by atomic mass is 10.3. The zero-order valence-electron chi connectivity index (χ0n) is 9.51. The average molecular weight is 242 g/mol. The van der Waals surface area contributed by atoms with Gasteiger partial charge in [-0.15, -0.1) is 0 Å². The SMILES string of the molecule is CCNCCC(=O)Nc1cnc(Cl)c(C)c1. The average Bonchev–Trinajstić information content (AvgIpc) is 2.24. The molecule has 0 spiro atoms. The van der Waals surface area contributed by atoms with Crippen molar-refractivity contribution in [3.8, 4) is 0 Å². The molecule has 0 aliphatic carbocycles. The van der Waals surface area contributed by atoms with Gasteiger partial charge >= 0.3 is 0 Å². The fourth-order valence-corrected chi connectivity index (χ4v) is 1.33. The fraction of sp³-hybridized carbons (Fsp3) is 0.455. The molecule has 4 nitrogen and oxygen atoms in total. The quantitative estimate of drug-likeness (QED) is 0.612. The van der Waals surface area contributed by atoms with E-state index in [1.165, 1.54) is 0 Å². The van der Waals surface area contributed by atoms with Gasteiger partial charge in [0.1, 0.15) is 5.15 Å². The molecular weight excluding hydrogens is 226 g/mol. The van der Waals surface area contributed by atoms with Gasteiger partial charge in [0.25, 0.3) is 0 Å². The summed E-state index contributed by atoms with van der Waals surface area (Å²) in [7, 11) is 0. The summed E-state index contributed by atoms with van der Waals surface area (Å²) in [5.74, 6) is -0.0236. The minimum absolute atomic E-state index is 0.0236. The normalized spacial score (nSPS) is 10.2. The number of pyridine rings is 1. The number of aromatic nitrogens is 1. The summed E-state index contributed by atoms with van der Waals surface area (Å²) < 4.78 is 0. The van der Waals surface area contributed by atoms with Crippen molar-refractivity contribution in [2.24, 2.45) is 0 Å². The van der Waals surface area contributed by atoms with Crippen molar-refractivity contribution in [2.75, 3.05) is 18.4 Å². The number of aryl methyl sites for hydroxylation is 1. The maximum atomic E-state index is 11.5. The van der Waals surface area contributed by atoms with Crippen LogP contribution < -0.4 is 10.6 Å². The molecule has 1 heterocycles. The number of hydrogen-bond acceptors (Lipinski definition) is 3. The number of rotatable bonds is 5. The van der Waals surface area contributed by atoms with Crippen molar-refractivity contribution < 1.29 is 4.79 Å². The summed E-state index contributed by atoms with van der Waals surface area (Å²) in [6.45, 7) is 5.41. The Morgan fingerprint density at radius 2 is 2.31 bits per heavy atom. The van der Waals surface area contributed by atoms with Crippen molar-refractivity contribution in [2.45, 2.75) is 20.3 Å². The van der Waals surface area contributed by atoms with Crippen molar-refractivity contribution in [1.29, 1.82) is 0 Å². The van der Waals surface area contributed by atoms with E-state index in [1.807, 2.05) is 13.8 Å². The molecule has 0 fully saturated rings. The Hall–Kier alpha value is -1.13. The zero-order valence-corrected chi connectivity index (χ0v) is 10.3. The first-order valence-corrected chi connectivity index (χ1v) is 5.64. The standard InChI is InChI=1S/C11H16ClN3O/c1-3-13-5-4-10(16)15-9-6-8(2)11(12)14-7-9/h6-7,13H,3-5H2,1-2H3,(H,15,16). The number of nitrogens with zero attached hydrogens (tertiary/aromatic N) is 1. The molecule has 1 rings (SSSR count). The molecule has 16 heavy (non-hydrogen) atoms. The summed E-state index contributed by atoms with van der Waals surface area (Å²) >= 11 is 5.79. The lowest BCUT2D eigenvalue weighted by Crippen LogP contribution is -2.21. The molecule has 5 heteroatoms. The summed E-state index contributed by atoms with van der Waals surface area (Å²) in [6, 6.07) is 1.81. The highest BCUT2D eigenvalue weighted by atomic mass is 35.5. The summed E-state index contributed by atoms with van der Waals surface area (Å²) in [5.41, 5.74) is 1.54. The number of amides is 1. The van der Waals surface area contributed by atoms with Gasteiger partial charge in [-0.1, -0.05) is 18.5 Å². The number of nitrogens with one attached hydrogen (secondary N) is 2.